The molecular weight excluding hydrogens is 426 g/mol. The van der Waals surface area contributed by atoms with Gasteiger partial charge in [0.15, 0.2) is 18.2 Å². The predicted octanol–water partition coefficient (Wildman–Crippen LogP) is 2.84. The summed E-state index contributed by atoms with van der Waals surface area (Å²) < 4.78 is 58.3. The number of carbonyl (C=O) groups is 1. The monoisotopic (exact) mass is 444 g/mol. The number of hydrogen-bond donors (Lipinski definition) is 0. The molecule has 3 rings (SSSR count). The van der Waals surface area contributed by atoms with E-state index >= 15 is 0 Å². The number of ether oxygens (including phenoxy) is 1. The highest BCUT2D eigenvalue weighted by atomic mass is 35.5. The van der Waals surface area contributed by atoms with Crippen LogP contribution in [0.25, 0.3) is 0 Å². The highest BCUT2D eigenvalue weighted by molar-refractivity contribution is 7.89. The molecule has 1 aliphatic rings. The van der Waals surface area contributed by atoms with Gasteiger partial charge in [-0.2, -0.15) is 4.31 Å². The maximum atomic E-state index is 13.4. The number of nitrogens with zero attached hydrogens (tertiary/aromatic N) is 2. The number of hydrogen-bond acceptors (Lipinski definition) is 4. The average molecular weight is 445 g/mol. The van der Waals surface area contributed by atoms with Crippen LogP contribution < -0.4 is 4.74 Å². The standard InChI is InChI=1S/C19H19ClF2N2O4S/c1-13-10-14(20)2-5-18(13)28-12-19(25)23-6-8-24(9-7-23)29(26,27)15-3-4-16(21)17(22)11-15/h2-5,10-11H,6-9,12H2,1H3. The molecule has 6 nitrogen and oxygen atoms in total. The molecule has 2 aromatic rings. The maximum absolute atomic E-state index is 13.4. The topological polar surface area (TPSA) is 66.9 Å². The third kappa shape index (κ3) is 4.85. The average Bonchev–Trinajstić information content (AvgIpc) is 2.69. The van der Waals surface area contributed by atoms with Gasteiger partial charge < -0.3 is 9.64 Å². The van der Waals surface area contributed by atoms with E-state index in [1.54, 1.807) is 18.2 Å². The molecule has 1 saturated heterocycles. The van der Waals surface area contributed by atoms with E-state index in [9.17, 15) is 22.0 Å². The number of halogens is 3. The molecule has 0 aromatic heterocycles. The first kappa shape index (κ1) is 21.5. The number of aryl methyl sites for hydroxylation is 1. The van der Waals surface area contributed by atoms with Crippen molar-refractivity contribution in [3.8, 4) is 5.75 Å². The van der Waals surface area contributed by atoms with Gasteiger partial charge in [0.25, 0.3) is 5.91 Å². The lowest BCUT2D eigenvalue weighted by Crippen LogP contribution is -2.51. The van der Waals surface area contributed by atoms with Crippen molar-refractivity contribution in [3.63, 3.8) is 0 Å². The van der Waals surface area contributed by atoms with Crippen LogP contribution in [0.2, 0.25) is 5.02 Å². The highest BCUT2D eigenvalue weighted by Gasteiger charge is 2.30. The van der Waals surface area contributed by atoms with Crippen LogP contribution in [0.3, 0.4) is 0 Å². The van der Waals surface area contributed by atoms with Crippen molar-refractivity contribution in [2.75, 3.05) is 32.8 Å². The quantitative estimate of drug-likeness (QED) is 0.711. The number of sulfonamides is 1. The minimum absolute atomic E-state index is 0.0487. The molecule has 0 spiro atoms. The summed E-state index contributed by atoms with van der Waals surface area (Å²) in [6.07, 6.45) is 0. The van der Waals surface area contributed by atoms with E-state index in [-0.39, 0.29) is 43.6 Å². The van der Waals surface area contributed by atoms with Crippen molar-refractivity contribution in [1.29, 1.82) is 0 Å². The Morgan fingerprint density at radius 2 is 1.76 bits per heavy atom. The first-order valence-electron chi connectivity index (χ1n) is 8.80. The molecule has 156 valence electrons. The number of amides is 1. The van der Waals surface area contributed by atoms with Crippen molar-refractivity contribution in [2.45, 2.75) is 11.8 Å². The summed E-state index contributed by atoms with van der Waals surface area (Å²) >= 11 is 5.89. The Kier molecular flexibility index (Phi) is 6.40. The van der Waals surface area contributed by atoms with E-state index in [0.717, 1.165) is 22.0 Å². The van der Waals surface area contributed by atoms with Crippen LogP contribution in [-0.4, -0.2) is 56.3 Å². The van der Waals surface area contributed by atoms with Crippen molar-refractivity contribution in [2.24, 2.45) is 0 Å². The summed E-state index contributed by atoms with van der Waals surface area (Å²) in [6.45, 7) is 2.07. The van der Waals surface area contributed by atoms with E-state index < -0.39 is 21.7 Å². The van der Waals surface area contributed by atoms with Crippen LogP contribution in [0.1, 0.15) is 5.56 Å². The summed E-state index contributed by atoms with van der Waals surface area (Å²) in [7, 11) is -3.97. The minimum Gasteiger partial charge on any atom is -0.483 e. The second-order valence-corrected chi connectivity index (χ2v) is 8.93. The molecule has 0 aliphatic carbocycles. The number of benzene rings is 2. The van der Waals surface area contributed by atoms with E-state index in [4.69, 9.17) is 16.3 Å². The number of carbonyl (C=O) groups excluding carboxylic acids is 1. The predicted molar refractivity (Wildman–Crippen MR) is 103 cm³/mol. The van der Waals surface area contributed by atoms with Crippen molar-refractivity contribution >= 4 is 27.5 Å². The zero-order chi connectivity index (χ0) is 21.2. The van der Waals surface area contributed by atoms with Gasteiger partial charge in [0.05, 0.1) is 4.90 Å². The summed E-state index contributed by atoms with van der Waals surface area (Å²) in [4.78, 5) is 13.6. The Balaban J connectivity index is 1.58. The molecule has 0 radical (unpaired) electrons. The summed E-state index contributed by atoms with van der Waals surface area (Å²) in [5.74, 6) is -2.07. The van der Waals surface area contributed by atoms with Gasteiger partial charge >= 0.3 is 0 Å². The zero-order valence-electron chi connectivity index (χ0n) is 15.6. The third-order valence-corrected chi connectivity index (χ3v) is 6.74. The molecule has 1 fully saturated rings. The molecule has 10 heteroatoms. The summed E-state index contributed by atoms with van der Waals surface area (Å²) in [5, 5.41) is 0.569. The molecule has 0 unspecified atom stereocenters. The van der Waals surface area contributed by atoms with Gasteiger partial charge in [0, 0.05) is 31.2 Å². The van der Waals surface area contributed by atoms with Gasteiger partial charge in [0.1, 0.15) is 5.75 Å². The molecule has 0 atom stereocenters. The normalized spacial score (nSPS) is 15.4. The van der Waals surface area contributed by atoms with E-state index in [2.05, 4.69) is 0 Å². The fraction of sp³-hybridized carbons (Fsp3) is 0.316. The lowest BCUT2D eigenvalue weighted by molar-refractivity contribution is -0.134. The van der Waals surface area contributed by atoms with Crippen LogP contribution >= 0.6 is 11.6 Å². The Hall–Kier alpha value is -2.23. The van der Waals surface area contributed by atoms with Crippen LogP contribution in [0, 0.1) is 18.6 Å². The molecule has 0 saturated carbocycles. The van der Waals surface area contributed by atoms with Crippen LogP contribution in [0.15, 0.2) is 41.3 Å². The van der Waals surface area contributed by atoms with E-state index in [1.807, 2.05) is 6.92 Å². The number of piperazine rings is 1. The first-order chi connectivity index (χ1) is 13.7. The highest BCUT2D eigenvalue weighted by Crippen LogP contribution is 2.22. The maximum Gasteiger partial charge on any atom is 0.260 e. The largest absolute Gasteiger partial charge is 0.483 e. The number of rotatable bonds is 5. The Labute approximate surface area is 172 Å². The Morgan fingerprint density at radius 1 is 1.07 bits per heavy atom. The van der Waals surface area contributed by atoms with Crippen LogP contribution in [0.4, 0.5) is 8.78 Å². The third-order valence-electron chi connectivity index (χ3n) is 4.61. The van der Waals surface area contributed by atoms with Crippen LogP contribution in [-0.2, 0) is 14.8 Å². The van der Waals surface area contributed by atoms with Gasteiger partial charge in [-0.3, -0.25) is 4.79 Å². The van der Waals surface area contributed by atoms with E-state index in [0.29, 0.717) is 16.8 Å². The second kappa shape index (κ2) is 8.64. The fourth-order valence-electron chi connectivity index (χ4n) is 2.97. The molecule has 0 bridgehead atoms. The van der Waals surface area contributed by atoms with Crippen molar-refractivity contribution in [3.05, 3.63) is 58.6 Å². The van der Waals surface area contributed by atoms with Gasteiger partial charge in [-0.1, -0.05) is 11.6 Å². The summed E-state index contributed by atoms with van der Waals surface area (Å²) in [6, 6.07) is 7.52. The summed E-state index contributed by atoms with van der Waals surface area (Å²) in [5.41, 5.74) is 0.799. The molecular formula is C19H19ClF2N2O4S. The van der Waals surface area contributed by atoms with Gasteiger partial charge in [-0.25, -0.2) is 17.2 Å². The molecule has 1 aliphatic heterocycles. The SMILES string of the molecule is Cc1cc(Cl)ccc1OCC(=O)N1CCN(S(=O)(=O)c2ccc(F)c(F)c2)CC1. The van der Waals surface area contributed by atoms with Gasteiger partial charge in [0.2, 0.25) is 10.0 Å². The lowest BCUT2D eigenvalue weighted by atomic mass is 10.2. The first-order valence-corrected chi connectivity index (χ1v) is 10.6. The van der Waals surface area contributed by atoms with Gasteiger partial charge in [-0.05, 0) is 48.9 Å². The lowest BCUT2D eigenvalue weighted by Gasteiger charge is -2.34. The Morgan fingerprint density at radius 3 is 2.38 bits per heavy atom. The van der Waals surface area contributed by atoms with Crippen molar-refractivity contribution in [1.82, 2.24) is 9.21 Å². The van der Waals surface area contributed by atoms with Gasteiger partial charge in [-0.15, -0.1) is 0 Å². The fourth-order valence-corrected chi connectivity index (χ4v) is 4.63. The van der Waals surface area contributed by atoms with E-state index in [1.165, 1.54) is 4.90 Å². The Bertz CT molecular complexity index is 1020. The second-order valence-electron chi connectivity index (χ2n) is 6.56. The molecule has 29 heavy (non-hydrogen) atoms. The molecule has 1 amide bonds. The van der Waals surface area contributed by atoms with Crippen LogP contribution in [0.5, 0.6) is 5.75 Å². The zero-order valence-corrected chi connectivity index (χ0v) is 17.1. The molecule has 0 N–H and O–H groups in total. The molecule has 2 aromatic carbocycles. The molecule has 1 heterocycles. The van der Waals surface area contributed by atoms with Crippen molar-refractivity contribution < 1.29 is 26.7 Å². The smallest absolute Gasteiger partial charge is 0.260 e. The minimum atomic E-state index is -3.97.